The lowest BCUT2D eigenvalue weighted by Gasteiger charge is -2.37. The van der Waals surface area contributed by atoms with Crippen LogP contribution in [0.4, 0.5) is 5.69 Å². The zero-order valence-corrected chi connectivity index (χ0v) is 8.47. The van der Waals surface area contributed by atoms with Gasteiger partial charge < -0.3 is 15.3 Å². The van der Waals surface area contributed by atoms with E-state index in [1.54, 1.807) is 12.1 Å². The fourth-order valence-corrected chi connectivity index (χ4v) is 1.70. The van der Waals surface area contributed by atoms with Crippen LogP contribution in [0.3, 0.4) is 0 Å². The molecule has 5 heteroatoms. The number of carbonyl (C=O) groups is 1. The number of hydrogen-bond acceptors (Lipinski definition) is 4. The number of carboxylic acid groups (broad SMARTS) is 1. The number of aromatic nitrogens is 1. The number of nitrogens with zero attached hydrogens (tertiary/aromatic N) is 2. The highest BCUT2D eigenvalue weighted by Gasteiger charge is 2.24. The fourth-order valence-electron chi connectivity index (χ4n) is 1.70. The summed E-state index contributed by atoms with van der Waals surface area (Å²) in [5, 5.41) is 12.1. The van der Waals surface area contributed by atoms with Crippen LogP contribution in [0.2, 0.25) is 0 Å². The first kappa shape index (κ1) is 9.92. The van der Waals surface area contributed by atoms with Crippen molar-refractivity contribution < 1.29 is 9.90 Å². The molecule has 2 rings (SSSR count). The van der Waals surface area contributed by atoms with Gasteiger partial charge in [-0.05, 0) is 19.2 Å². The second kappa shape index (κ2) is 3.86. The average Bonchev–Trinajstić information content (AvgIpc) is 2.16. The Morgan fingerprint density at radius 2 is 2.40 bits per heavy atom. The van der Waals surface area contributed by atoms with Gasteiger partial charge in [0.15, 0.2) is 5.69 Å². The molecule has 0 aromatic carbocycles. The zero-order valence-electron chi connectivity index (χ0n) is 8.47. The van der Waals surface area contributed by atoms with Gasteiger partial charge in [0.1, 0.15) is 0 Å². The third-order valence-electron chi connectivity index (χ3n) is 2.43. The molecule has 0 spiro atoms. The highest BCUT2D eigenvalue weighted by Crippen LogP contribution is 2.16. The molecule has 2 heterocycles. The molecule has 2 N–H and O–H groups in total. The first-order chi connectivity index (χ1) is 7.16. The average molecular weight is 207 g/mol. The smallest absolute Gasteiger partial charge is 0.356 e. The summed E-state index contributed by atoms with van der Waals surface area (Å²) in [7, 11) is 2.03. The van der Waals surface area contributed by atoms with Crippen LogP contribution in [0, 0.1) is 0 Å². The van der Waals surface area contributed by atoms with Crippen molar-refractivity contribution in [2.75, 3.05) is 25.5 Å². The number of likely N-dealkylation sites (tertiary alicyclic amines) is 1. The van der Waals surface area contributed by atoms with E-state index in [0.717, 1.165) is 13.1 Å². The number of anilines is 1. The molecule has 1 aliphatic heterocycles. The molecule has 15 heavy (non-hydrogen) atoms. The topological polar surface area (TPSA) is 65.5 Å². The van der Waals surface area contributed by atoms with Crippen molar-refractivity contribution in [3.05, 3.63) is 24.0 Å². The first-order valence-corrected chi connectivity index (χ1v) is 4.80. The minimum Gasteiger partial charge on any atom is -0.476 e. The maximum Gasteiger partial charge on any atom is 0.356 e. The monoisotopic (exact) mass is 207 g/mol. The van der Waals surface area contributed by atoms with Crippen LogP contribution in [0.15, 0.2) is 18.3 Å². The quantitative estimate of drug-likeness (QED) is 0.755. The molecule has 5 nitrogen and oxygen atoms in total. The maximum atomic E-state index is 10.9. The van der Waals surface area contributed by atoms with Crippen molar-refractivity contribution in [2.24, 2.45) is 0 Å². The van der Waals surface area contributed by atoms with E-state index < -0.39 is 5.97 Å². The molecule has 1 aromatic rings. The molecule has 0 bridgehead atoms. The first-order valence-electron chi connectivity index (χ1n) is 4.80. The Bertz CT molecular complexity index is 375. The molecule has 80 valence electrons. The zero-order chi connectivity index (χ0) is 10.8. The van der Waals surface area contributed by atoms with E-state index in [1.165, 1.54) is 6.20 Å². The molecule has 0 unspecified atom stereocenters. The second-order valence-corrected chi connectivity index (χ2v) is 3.77. The molecular weight excluding hydrogens is 194 g/mol. The van der Waals surface area contributed by atoms with E-state index in [9.17, 15) is 4.79 Å². The van der Waals surface area contributed by atoms with Gasteiger partial charge in [0, 0.05) is 19.3 Å². The SMILES string of the molecule is CN1CC(Nc2cccnc2C(=O)O)C1. The summed E-state index contributed by atoms with van der Waals surface area (Å²) in [5.74, 6) is -0.995. The van der Waals surface area contributed by atoms with Gasteiger partial charge in [-0.25, -0.2) is 9.78 Å². The summed E-state index contributed by atoms with van der Waals surface area (Å²) < 4.78 is 0. The molecule has 1 aliphatic rings. The van der Waals surface area contributed by atoms with Crippen LogP contribution < -0.4 is 5.32 Å². The lowest BCUT2D eigenvalue weighted by Crippen LogP contribution is -2.52. The molecule has 1 fully saturated rings. The summed E-state index contributed by atoms with van der Waals surface area (Å²) in [6, 6.07) is 3.81. The van der Waals surface area contributed by atoms with Crippen molar-refractivity contribution in [3.8, 4) is 0 Å². The summed E-state index contributed by atoms with van der Waals surface area (Å²) in [6.45, 7) is 1.88. The molecule has 0 radical (unpaired) electrons. The lowest BCUT2D eigenvalue weighted by atomic mass is 10.1. The van der Waals surface area contributed by atoms with Gasteiger partial charge in [-0.3, -0.25) is 0 Å². The molecule has 1 saturated heterocycles. The molecule has 0 atom stereocenters. The Balaban J connectivity index is 2.10. The highest BCUT2D eigenvalue weighted by atomic mass is 16.4. The second-order valence-electron chi connectivity index (χ2n) is 3.77. The van der Waals surface area contributed by atoms with Crippen molar-refractivity contribution in [3.63, 3.8) is 0 Å². The number of likely N-dealkylation sites (N-methyl/N-ethyl adjacent to an activating group) is 1. The Morgan fingerprint density at radius 3 is 3.00 bits per heavy atom. The highest BCUT2D eigenvalue weighted by molar-refractivity contribution is 5.91. The van der Waals surface area contributed by atoms with E-state index in [-0.39, 0.29) is 5.69 Å². The summed E-state index contributed by atoms with van der Waals surface area (Å²) >= 11 is 0. The van der Waals surface area contributed by atoms with Gasteiger partial charge in [-0.15, -0.1) is 0 Å². The molecule has 0 amide bonds. The normalized spacial score (nSPS) is 17.1. The van der Waals surface area contributed by atoms with Crippen molar-refractivity contribution in [1.82, 2.24) is 9.88 Å². The van der Waals surface area contributed by atoms with Crippen LogP contribution >= 0.6 is 0 Å². The van der Waals surface area contributed by atoms with Crippen molar-refractivity contribution >= 4 is 11.7 Å². The van der Waals surface area contributed by atoms with E-state index in [2.05, 4.69) is 15.2 Å². The largest absolute Gasteiger partial charge is 0.476 e. The van der Waals surface area contributed by atoms with Crippen molar-refractivity contribution in [2.45, 2.75) is 6.04 Å². The van der Waals surface area contributed by atoms with Crippen molar-refractivity contribution in [1.29, 1.82) is 0 Å². The van der Waals surface area contributed by atoms with Crippen LogP contribution in [0.5, 0.6) is 0 Å². The molecule has 1 aromatic heterocycles. The van der Waals surface area contributed by atoms with Gasteiger partial charge >= 0.3 is 5.97 Å². The summed E-state index contributed by atoms with van der Waals surface area (Å²) in [6.07, 6.45) is 1.49. The fraction of sp³-hybridized carbons (Fsp3) is 0.400. The van der Waals surface area contributed by atoms with Gasteiger partial charge in [0.2, 0.25) is 0 Å². The third-order valence-corrected chi connectivity index (χ3v) is 2.43. The Kier molecular flexibility index (Phi) is 2.55. The maximum absolute atomic E-state index is 10.9. The molecular formula is C10H13N3O2. The Morgan fingerprint density at radius 1 is 1.67 bits per heavy atom. The van der Waals surface area contributed by atoms with Gasteiger partial charge in [0.05, 0.1) is 11.7 Å². The molecule has 0 saturated carbocycles. The van der Waals surface area contributed by atoms with Crippen LogP contribution in [-0.4, -0.2) is 47.1 Å². The number of rotatable bonds is 3. The third kappa shape index (κ3) is 2.07. The minimum atomic E-state index is -0.995. The van der Waals surface area contributed by atoms with E-state index in [4.69, 9.17) is 5.11 Å². The predicted octanol–water partition coefficient (Wildman–Crippen LogP) is 0.506. The van der Waals surface area contributed by atoms with E-state index in [1.807, 2.05) is 7.05 Å². The van der Waals surface area contributed by atoms with Gasteiger partial charge in [-0.1, -0.05) is 0 Å². The Hall–Kier alpha value is -1.62. The number of carboxylic acids is 1. The van der Waals surface area contributed by atoms with Gasteiger partial charge in [0.25, 0.3) is 0 Å². The minimum absolute atomic E-state index is 0.0899. The number of nitrogens with one attached hydrogen (secondary N) is 1. The van der Waals surface area contributed by atoms with Crippen LogP contribution in [-0.2, 0) is 0 Å². The standard InChI is InChI=1S/C10H13N3O2/c1-13-5-7(6-13)12-8-3-2-4-11-9(8)10(14)15/h2-4,7,12H,5-6H2,1H3,(H,14,15). The Labute approximate surface area is 87.7 Å². The lowest BCUT2D eigenvalue weighted by molar-refractivity contribution is 0.0691. The number of pyridine rings is 1. The summed E-state index contributed by atoms with van der Waals surface area (Å²) in [4.78, 5) is 16.9. The number of hydrogen-bond donors (Lipinski definition) is 2. The van der Waals surface area contributed by atoms with Gasteiger partial charge in [-0.2, -0.15) is 0 Å². The summed E-state index contributed by atoms with van der Waals surface area (Å²) in [5.41, 5.74) is 0.690. The van der Waals surface area contributed by atoms with Crippen LogP contribution in [0.25, 0.3) is 0 Å². The predicted molar refractivity (Wildman–Crippen MR) is 56.1 cm³/mol. The van der Waals surface area contributed by atoms with Crippen LogP contribution in [0.1, 0.15) is 10.5 Å². The van der Waals surface area contributed by atoms with E-state index in [0.29, 0.717) is 11.7 Å². The van der Waals surface area contributed by atoms with E-state index >= 15 is 0 Å². The molecule has 0 aliphatic carbocycles. The number of aromatic carboxylic acids is 1.